The largest absolute Gasteiger partial charge is 0.375 e. The van der Waals surface area contributed by atoms with Crippen molar-refractivity contribution in [2.45, 2.75) is 97.2 Å². The fraction of sp³-hybridized carbons (Fsp3) is 1.00. The molecule has 0 bridgehead atoms. The molecule has 0 amide bonds. The quantitative estimate of drug-likeness (QED) is 0.612. The number of piperazine rings is 1. The van der Waals surface area contributed by atoms with Crippen molar-refractivity contribution in [3.05, 3.63) is 0 Å². The van der Waals surface area contributed by atoms with Gasteiger partial charge in [-0.05, 0) is 59.3 Å². The summed E-state index contributed by atoms with van der Waals surface area (Å²) in [6.07, 6.45) is 5.86. The molecule has 0 radical (unpaired) electrons. The van der Waals surface area contributed by atoms with Gasteiger partial charge in [-0.3, -0.25) is 9.80 Å². The highest BCUT2D eigenvalue weighted by Crippen LogP contribution is 2.32. The van der Waals surface area contributed by atoms with Gasteiger partial charge in [-0.1, -0.05) is 13.8 Å². The molecule has 2 saturated heterocycles. The summed E-state index contributed by atoms with van der Waals surface area (Å²) in [6, 6.07) is 0.710. The molecule has 29 heavy (non-hydrogen) atoms. The molecule has 5 heteroatoms. The first-order chi connectivity index (χ1) is 13.7. The van der Waals surface area contributed by atoms with Crippen LogP contribution in [0.1, 0.15) is 67.2 Å². The molecule has 0 N–H and O–H groups in total. The standard InChI is InChI=1S/C24H47N3O2/c1-19(2)20(3)27-15-13-26(14-16-27)12-11-25-9-7-21(8-10-25)28-22-17-23(18-22)29-24(4,5)6/h19-23H,7-18H2,1-6H3/t20-,22?,23?/m0/s1. The maximum Gasteiger partial charge on any atom is 0.0631 e. The van der Waals surface area contributed by atoms with Crippen molar-refractivity contribution in [1.29, 1.82) is 0 Å². The molecule has 3 rings (SSSR count). The van der Waals surface area contributed by atoms with Crippen LogP contribution in [0.15, 0.2) is 0 Å². The number of nitrogens with zero attached hydrogens (tertiary/aromatic N) is 3. The van der Waals surface area contributed by atoms with Crippen molar-refractivity contribution in [2.24, 2.45) is 5.92 Å². The first-order valence-electron chi connectivity index (χ1n) is 12.2. The van der Waals surface area contributed by atoms with E-state index in [4.69, 9.17) is 9.47 Å². The molecule has 1 atom stereocenters. The number of hydrogen-bond donors (Lipinski definition) is 0. The van der Waals surface area contributed by atoms with Crippen LogP contribution >= 0.6 is 0 Å². The molecule has 0 aromatic rings. The predicted molar refractivity (Wildman–Crippen MR) is 121 cm³/mol. The smallest absolute Gasteiger partial charge is 0.0631 e. The van der Waals surface area contributed by atoms with Crippen molar-refractivity contribution < 1.29 is 9.47 Å². The maximum atomic E-state index is 6.35. The molecule has 0 unspecified atom stereocenters. The molecule has 0 aromatic carbocycles. The Morgan fingerprint density at radius 1 is 0.759 bits per heavy atom. The third kappa shape index (κ3) is 7.46. The summed E-state index contributed by atoms with van der Waals surface area (Å²) in [4.78, 5) is 7.98. The first-order valence-corrected chi connectivity index (χ1v) is 12.2. The van der Waals surface area contributed by atoms with Crippen LogP contribution < -0.4 is 0 Å². The Morgan fingerprint density at radius 3 is 1.83 bits per heavy atom. The molecule has 0 spiro atoms. The van der Waals surface area contributed by atoms with E-state index in [0.29, 0.717) is 24.4 Å². The number of likely N-dealkylation sites (tertiary alicyclic amines) is 1. The highest BCUT2D eigenvalue weighted by atomic mass is 16.5. The van der Waals surface area contributed by atoms with E-state index in [1.807, 2.05) is 0 Å². The van der Waals surface area contributed by atoms with Crippen LogP contribution in [0, 0.1) is 5.92 Å². The zero-order valence-corrected chi connectivity index (χ0v) is 20.0. The van der Waals surface area contributed by atoms with Crippen LogP contribution in [0.4, 0.5) is 0 Å². The van der Waals surface area contributed by atoms with Gasteiger partial charge >= 0.3 is 0 Å². The Labute approximate surface area is 180 Å². The Balaban J connectivity index is 1.24. The maximum absolute atomic E-state index is 6.35. The van der Waals surface area contributed by atoms with Crippen molar-refractivity contribution in [1.82, 2.24) is 14.7 Å². The molecule has 1 aliphatic carbocycles. The molecule has 2 heterocycles. The Kier molecular flexibility index (Phi) is 8.42. The lowest BCUT2D eigenvalue weighted by Crippen LogP contribution is -2.52. The highest BCUT2D eigenvalue weighted by Gasteiger charge is 2.35. The molecule has 3 fully saturated rings. The highest BCUT2D eigenvalue weighted by molar-refractivity contribution is 4.85. The summed E-state index contributed by atoms with van der Waals surface area (Å²) >= 11 is 0. The van der Waals surface area contributed by atoms with Gasteiger partial charge in [0.2, 0.25) is 0 Å². The average Bonchev–Trinajstić information content (AvgIpc) is 2.64. The second kappa shape index (κ2) is 10.4. The number of hydrogen-bond acceptors (Lipinski definition) is 5. The predicted octanol–water partition coefficient (Wildman–Crippen LogP) is 3.48. The van der Waals surface area contributed by atoms with Gasteiger partial charge in [0.25, 0.3) is 0 Å². The van der Waals surface area contributed by atoms with Crippen molar-refractivity contribution in [2.75, 3.05) is 52.4 Å². The minimum Gasteiger partial charge on any atom is -0.375 e. The van der Waals surface area contributed by atoms with Crippen molar-refractivity contribution in [3.63, 3.8) is 0 Å². The van der Waals surface area contributed by atoms with Gasteiger partial charge < -0.3 is 14.4 Å². The average molecular weight is 410 g/mol. The lowest BCUT2D eigenvalue weighted by Gasteiger charge is -2.42. The van der Waals surface area contributed by atoms with Gasteiger partial charge in [-0.25, -0.2) is 0 Å². The summed E-state index contributed by atoms with van der Waals surface area (Å²) in [7, 11) is 0. The molecule has 3 aliphatic rings. The van der Waals surface area contributed by atoms with Crippen molar-refractivity contribution in [3.8, 4) is 0 Å². The van der Waals surface area contributed by atoms with E-state index in [1.165, 1.54) is 65.2 Å². The third-order valence-corrected chi connectivity index (χ3v) is 7.17. The minimum absolute atomic E-state index is 0.0275. The summed E-state index contributed by atoms with van der Waals surface area (Å²) in [5.74, 6) is 0.752. The topological polar surface area (TPSA) is 28.2 Å². The van der Waals surface area contributed by atoms with E-state index in [1.54, 1.807) is 0 Å². The van der Waals surface area contributed by atoms with Crippen LogP contribution in [0.3, 0.4) is 0 Å². The van der Waals surface area contributed by atoms with Crippen LogP contribution in [0.5, 0.6) is 0 Å². The summed E-state index contributed by atoms with van der Waals surface area (Å²) in [6.45, 7) is 23.3. The SMILES string of the molecule is CC(C)[C@H](C)N1CCN(CCN2CCC(OC3CC(OC(C)(C)C)C3)CC2)CC1. The lowest BCUT2D eigenvalue weighted by molar-refractivity contribution is -0.167. The van der Waals surface area contributed by atoms with E-state index in [-0.39, 0.29) is 5.60 Å². The van der Waals surface area contributed by atoms with Crippen LogP contribution in [0.25, 0.3) is 0 Å². The van der Waals surface area contributed by atoms with E-state index in [2.05, 4.69) is 56.2 Å². The van der Waals surface area contributed by atoms with Gasteiger partial charge in [0, 0.05) is 58.4 Å². The molecular weight excluding hydrogens is 362 g/mol. The van der Waals surface area contributed by atoms with Crippen LogP contribution in [-0.4, -0.2) is 97.0 Å². The van der Waals surface area contributed by atoms with Gasteiger partial charge in [0.15, 0.2) is 0 Å². The van der Waals surface area contributed by atoms with Gasteiger partial charge in [0.05, 0.1) is 23.9 Å². The number of ether oxygens (including phenoxy) is 2. The molecular formula is C24H47N3O2. The third-order valence-electron chi connectivity index (χ3n) is 7.17. The molecule has 5 nitrogen and oxygen atoms in total. The Morgan fingerprint density at radius 2 is 1.31 bits per heavy atom. The van der Waals surface area contributed by atoms with Crippen LogP contribution in [0.2, 0.25) is 0 Å². The second-order valence-corrected chi connectivity index (χ2v) is 11.0. The van der Waals surface area contributed by atoms with E-state index in [0.717, 1.165) is 18.8 Å². The molecule has 2 aliphatic heterocycles. The summed E-state index contributed by atoms with van der Waals surface area (Å²) in [5, 5.41) is 0. The van der Waals surface area contributed by atoms with Crippen molar-refractivity contribution >= 4 is 0 Å². The Bertz CT molecular complexity index is 471. The fourth-order valence-corrected chi connectivity index (χ4v) is 4.86. The van der Waals surface area contributed by atoms with Crippen LogP contribution in [-0.2, 0) is 9.47 Å². The molecule has 170 valence electrons. The van der Waals surface area contributed by atoms with Gasteiger partial charge in [-0.15, -0.1) is 0 Å². The zero-order chi connectivity index (χ0) is 21.0. The fourth-order valence-electron chi connectivity index (χ4n) is 4.86. The van der Waals surface area contributed by atoms with E-state index < -0.39 is 0 Å². The normalized spacial score (nSPS) is 29.9. The van der Waals surface area contributed by atoms with Gasteiger partial charge in [0.1, 0.15) is 0 Å². The summed E-state index contributed by atoms with van der Waals surface area (Å²) in [5.41, 5.74) is -0.0275. The number of rotatable bonds is 8. The monoisotopic (exact) mass is 409 g/mol. The zero-order valence-electron chi connectivity index (χ0n) is 20.0. The van der Waals surface area contributed by atoms with Gasteiger partial charge in [-0.2, -0.15) is 0 Å². The molecule has 0 aromatic heterocycles. The van der Waals surface area contributed by atoms with E-state index >= 15 is 0 Å². The lowest BCUT2D eigenvalue weighted by atomic mass is 9.90. The second-order valence-electron chi connectivity index (χ2n) is 11.0. The first kappa shape index (κ1) is 23.5. The number of piperidine rings is 1. The minimum atomic E-state index is -0.0275. The Hall–Kier alpha value is -0.200. The molecule has 1 saturated carbocycles. The van der Waals surface area contributed by atoms with E-state index in [9.17, 15) is 0 Å². The summed E-state index contributed by atoms with van der Waals surface area (Å²) < 4.78 is 12.4.